The molecular weight excluding hydrogens is 404 g/mol. The Morgan fingerprint density at radius 1 is 1.16 bits per heavy atom. The minimum absolute atomic E-state index is 0.0133. The van der Waals surface area contributed by atoms with Crippen molar-refractivity contribution in [3.8, 4) is 11.5 Å². The number of carbonyl (C=O) groups excluding carboxylic acids is 3. The van der Waals surface area contributed by atoms with Crippen molar-refractivity contribution in [3.05, 3.63) is 53.1 Å². The molecule has 0 bridgehead atoms. The average Bonchev–Trinajstić information content (AvgIpc) is 3.28. The zero-order valence-corrected chi connectivity index (χ0v) is 18.0. The molecule has 0 aliphatic carbocycles. The maximum absolute atomic E-state index is 12.8. The summed E-state index contributed by atoms with van der Waals surface area (Å²) in [6.07, 6.45) is 1.53. The smallest absolute Gasteiger partial charge is 0.373 e. The maximum Gasteiger partial charge on any atom is 0.373 e. The van der Waals surface area contributed by atoms with E-state index in [0.717, 1.165) is 4.90 Å². The van der Waals surface area contributed by atoms with E-state index >= 15 is 0 Å². The molecule has 1 aromatic carbocycles. The molecule has 164 valence electrons. The Hall–Kier alpha value is -3.75. The van der Waals surface area contributed by atoms with Crippen molar-refractivity contribution in [1.82, 2.24) is 10.2 Å². The minimum atomic E-state index is -0.645. The number of para-hydroxylation sites is 1. The molecule has 3 amide bonds. The largest absolute Gasteiger partial charge is 0.493 e. The van der Waals surface area contributed by atoms with Crippen molar-refractivity contribution in [1.29, 1.82) is 0 Å². The SMILES string of the molecule is COC(=O)c1ccc(CN2C(=O)NC(=Cc3cccc(OC)c3OC(C)(C)C)C2=O)o1. The highest BCUT2D eigenvalue weighted by molar-refractivity contribution is 6.14. The number of rotatable bonds is 6. The van der Waals surface area contributed by atoms with Gasteiger partial charge in [-0.25, -0.2) is 9.59 Å². The van der Waals surface area contributed by atoms with Gasteiger partial charge in [-0.2, -0.15) is 0 Å². The second kappa shape index (κ2) is 8.55. The first kappa shape index (κ1) is 21.9. The van der Waals surface area contributed by atoms with Crippen molar-refractivity contribution in [2.24, 2.45) is 0 Å². The second-order valence-corrected chi connectivity index (χ2v) is 7.73. The summed E-state index contributed by atoms with van der Waals surface area (Å²) in [6.45, 7) is 5.55. The predicted octanol–water partition coefficient (Wildman–Crippen LogP) is 3.35. The molecule has 1 N–H and O–H groups in total. The van der Waals surface area contributed by atoms with Gasteiger partial charge in [0.25, 0.3) is 5.91 Å². The van der Waals surface area contributed by atoms with Crippen molar-refractivity contribution >= 4 is 24.0 Å². The zero-order chi connectivity index (χ0) is 22.8. The Kier molecular flexibility index (Phi) is 6.05. The first-order valence-corrected chi connectivity index (χ1v) is 9.50. The van der Waals surface area contributed by atoms with Crippen LogP contribution in [0.5, 0.6) is 11.5 Å². The lowest BCUT2D eigenvalue weighted by Gasteiger charge is -2.24. The summed E-state index contributed by atoms with van der Waals surface area (Å²) >= 11 is 0. The quantitative estimate of drug-likeness (QED) is 0.427. The number of carbonyl (C=O) groups is 3. The fourth-order valence-corrected chi connectivity index (χ4v) is 2.92. The van der Waals surface area contributed by atoms with E-state index in [9.17, 15) is 14.4 Å². The van der Waals surface area contributed by atoms with E-state index in [1.54, 1.807) is 18.2 Å². The van der Waals surface area contributed by atoms with Crippen LogP contribution in [0.1, 0.15) is 42.6 Å². The highest BCUT2D eigenvalue weighted by atomic mass is 16.5. The van der Waals surface area contributed by atoms with Crippen LogP contribution in [0.2, 0.25) is 0 Å². The standard InChI is InChI=1S/C22H24N2O7/c1-22(2,3)31-18-13(7-6-8-16(18)28-4)11-15-19(25)24(21(27)23-15)12-14-9-10-17(30-14)20(26)29-5/h6-11H,12H2,1-5H3,(H,23,27). The van der Waals surface area contributed by atoms with Gasteiger partial charge in [0.05, 0.1) is 20.8 Å². The molecule has 1 saturated heterocycles. The molecule has 1 fully saturated rings. The van der Waals surface area contributed by atoms with Gasteiger partial charge in [-0.1, -0.05) is 12.1 Å². The van der Waals surface area contributed by atoms with E-state index in [-0.39, 0.29) is 23.8 Å². The molecule has 0 unspecified atom stereocenters. The molecule has 31 heavy (non-hydrogen) atoms. The topological polar surface area (TPSA) is 107 Å². The predicted molar refractivity (Wildman–Crippen MR) is 110 cm³/mol. The van der Waals surface area contributed by atoms with Crippen LogP contribution in [-0.4, -0.2) is 42.6 Å². The Balaban J connectivity index is 1.87. The monoisotopic (exact) mass is 428 g/mol. The van der Waals surface area contributed by atoms with E-state index in [0.29, 0.717) is 17.1 Å². The summed E-state index contributed by atoms with van der Waals surface area (Å²) in [5.74, 6) is 0.0334. The Morgan fingerprint density at radius 3 is 2.55 bits per heavy atom. The number of furan rings is 1. The number of imide groups is 1. The van der Waals surface area contributed by atoms with E-state index < -0.39 is 23.5 Å². The molecule has 1 aromatic heterocycles. The van der Waals surface area contributed by atoms with Crippen LogP contribution in [0.4, 0.5) is 4.79 Å². The minimum Gasteiger partial charge on any atom is -0.493 e. The number of hydrogen-bond donors (Lipinski definition) is 1. The number of benzene rings is 1. The maximum atomic E-state index is 12.8. The highest BCUT2D eigenvalue weighted by Crippen LogP contribution is 2.35. The lowest BCUT2D eigenvalue weighted by molar-refractivity contribution is -0.123. The fraction of sp³-hybridized carbons (Fsp3) is 0.318. The van der Waals surface area contributed by atoms with Gasteiger partial charge in [0, 0.05) is 5.56 Å². The molecule has 0 atom stereocenters. The summed E-state index contributed by atoms with van der Waals surface area (Å²) in [7, 11) is 2.76. The van der Waals surface area contributed by atoms with Crippen LogP contribution in [0.15, 0.2) is 40.4 Å². The number of ether oxygens (including phenoxy) is 3. The summed E-state index contributed by atoms with van der Waals surface area (Å²) in [5.41, 5.74) is 0.149. The lowest BCUT2D eigenvalue weighted by atomic mass is 10.1. The van der Waals surface area contributed by atoms with Crippen molar-refractivity contribution < 1.29 is 33.0 Å². The number of nitrogens with one attached hydrogen (secondary N) is 1. The molecular formula is C22H24N2O7. The van der Waals surface area contributed by atoms with Gasteiger partial charge >= 0.3 is 12.0 Å². The van der Waals surface area contributed by atoms with Crippen LogP contribution in [-0.2, 0) is 16.1 Å². The molecule has 2 heterocycles. The molecule has 0 saturated carbocycles. The van der Waals surface area contributed by atoms with Crippen LogP contribution in [0, 0.1) is 0 Å². The highest BCUT2D eigenvalue weighted by Gasteiger charge is 2.35. The van der Waals surface area contributed by atoms with E-state index in [1.807, 2.05) is 20.8 Å². The summed E-state index contributed by atoms with van der Waals surface area (Å²) in [5, 5.41) is 2.56. The van der Waals surface area contributed by atoms with Crippen LogP contribution >= 0.6 is 0 Å². The van der Waals surface area contributed by atoms with Gasteiger partial charge < -0.3 is 23.9 Å². The van der Waals surface area contributed by atoms with Gasteiger partial charge in [-0.05, 0) is 45.0 Å². The van der Waals surface area contributed by atoms with Crippen molar-refractivity contribution in [2.75, 3.05) is 14.2 Å². The zero-order valence-electron chi connectivity index (χ0n) is 18.0. The average molecular weight is 428 g/mol. The molecule has 0 radical (unpaired) electrons. The number of methoxy groups -OCH3 is 2. The molecule has 9 nitrogen and oxygen atoms in total. The molecule has 9 heteroatoms. The van der Waals surface area contributed by atoms with Gasteiger partial charge in [0.2, 0.25) is 5.76 Å². The van der Waals surface area contributed by atoms with Crippen molar-refractivity contribution in [3.63, 3.8) is 0 Å². The number of esters is 1. The number of nitrogens with zero attached hydrogens (tertiary/aromatic N) is 1. The molecule has 3 rings (SSSR count). The van der Waals surface area contributed by atoms with Gasteiger partial charge in [-0.3, -0.25) is 9.69 Å². The third-order valence-electron chi connectivity index (χ3n) is 4.26. The Bertz CT molecular complexity index is 1050. The lowest BCUT2D eigenvalue weighted by Crippen LogP contribution is -2.30. The number of amides is 3. The van der Waals surface area contributed by atoms with E-state index in [2.05, 4.69) is 10.1 Å². The molecule has 2 aromatic rings. The first-order valence-electron chi connectivity index (χ1n) is 9.50. The van der Waals surface area contributed by atoms with Crippen LogP contribution in [0.3, 0.4) is 0 Å². The fourth-order valence-electron chi connectivity index (χ4n) is 2.92. The summed E-state index contributed by atoms with van der Waals surface area (Å²) < 4.78 is 21.3. The number of hydrogen-bond acceptors (Lipinski definition) is 7. The van der Waals surface area contributed by atoms with Gasteiger partial charge in [0.1, 0.15) is 17.1 Å². The van der Waals surface area contributed by atoms with Gasteiger partial charge in [0.15, 0.2) is 11.5 Å². The molecule has 1 aliphatic heterocycles. The van der Waals surface area contributed by atoms with Crippen molar-refractivity contribution in [2.45, 2.75) is 32.9 Å². The van der Waals surface area contributed by atoms with Crippen LogP contribution < -0.4 is 14.8 Å². The van der Waals surface area contributed by atoms with Crippen LogP contribution in [0.25, 0.3) is 6.08 Å². The van der Waals surface area contributed by atoms with E-state index in [4.69, 9.17) is 13.9 Å². The first-order chi connectivity index (χ1) is 14.6. The Labute approximate surface area is 179 Å². The van der Waals surface area contributed by atoms with E-state index in [1.165, 1.54) is 32.4 Å². The molecule has 1 aliphatic rings. The Morgan fingerprint density at radius 2 is 1.90 bits per heavy atom. The third kappa shape index (κ3) is 4.88. The van der Waals surface area contributed by atoms with Gasteiger partial charge in [-0.15, -0.1) is 0 Å². The second-order valence-electron chi connectivity index (χ2n) is 7.73. The molecule has 0 spiro atoms. The summed E-state index contributed by atoms with van der Waals surface area (Å²) in [6, 6.07) is 7.59. The number of urea groups is 1. The normalized spacial score (nSPS) is 15.3. The third-order valence-corrected chi connectivity index (χ3v) is 4.26. The summed E-state index contributed by atoms with van der Waals surface area (Å²) in [4.78, 5) is 37.7.